The number of non-ortho nitro benzene ring substituents is 1. The molecule has 6 nitrogen and oxygen atoms in total. The molecule has 0 atom stereocenters. The number of fused-ring (bicyclic) bond motifs is 1. The number of carbonyl (C=O) groups excluding carboxylic acids is 1. The lowest BCUT2D eigenvalue weighted by Gasteiger charge is -2.06. The number of aromatic nitrogens is 1. The molecule has 3 aromatic carbocycles. The molecule has 29 heavy (non-hydrogen) atoms. The van der Waals surface area contributed by atoms with Crippen molar-refractivity contribution in [2.45, 2.75) is 6.92 Å². The Kier molecular flexibility index (Phi) is 5.05. The fourth-order valence-electron chi connectivity index (χ4n) is 2.94. The first kappa shape index (κ1) is 18.8. The van der Waals surface area contributed by atoms with Crippen molar-refractivity contribution in [2.24, 2.45) is 0 Å². The average Bonchev–Trinajstić information content (AvgIpc) is 3.15. The number of nitrogens with one attached hydrogen (secondary N) is 1. The van der Waals surface area contributed by atoms with E-state index in [1.807, 2.05) is 30.3 Å². The smallest absolute Gasteiger partial charge is 0.269 e. The Morgan fingerprint density at radius 1 is 1.07 bits per heavy atom. The highest BCUT2D eigenvalue weighted by atomic mass is 32.1. The SMILES string of the molecule is Cc1ccc2nc(-c3ccc(NCC(=O)c4ccc([N+](=O)[O-])cc4)cc3)sc2c1. The van der Waals surface area contributed by atoms with E-state index in [9.17, 15) is 14.9 Å². The molecule has 0 saturated carbocycles. The van der Waals surface area contributed by atoms with Crippen LogP contribution in [0.4, 0.5) is 11.4 Å². The third-order valence-corrected chi connectivity index (χ3v) is 5.60. The number of nitro groups is 1. The van der Waals surface area contributed by atoms with Gasteiger partial charge in [-0.1, -0.05) is 6.07 Å². The van der Waals surface area contributed by atoms with Crippen molar-refractivity contribution in [3.63, 3.8) is 0 Å². The number of thiazole rings is 1. The molecule has 0 bridgehead atoms. The van der Waals surface area contributed by atoms with Crippen LogP contribution in [0.2, 0.25) is 0 Å². The van der Waals surface area contributed by atoms with Gasteiger partial charge >= 0.3 is 0 Å². The van der Waals surface area contributed by atoms with Gasteiger partial charge in [-0.05, 0) is 61.0 Å². The summed E-state index contributed by atoms with van der Waals surface area (Å²) in [6.45, 7) is 2.18. The van der Waals surface area contributed by atoms with Crippen LogP contribution in [0, 0.1) is 17.0 Å². The van der Waals surface area contributed by atoms with Gasteiger partial charge in [0.05, 0.1) is 21.7 Å². The van der Waals surface area contributed by atoms with E-state index in [1.54, 1.807) is 11.3 Å². The van der Waals surface area contributed by atoms with Crippen LogP contribution < -0.4 is 5.32 Å². The maximum absolute atomic E-state index is 12.3. The molecular weight excluding hydrogens is 386 g/mol. The fourth-order valence-corrected chi connectivity index (χ4v) is 4.01. The second-order valence-electron chi connectivity index (χ2n) is 6.65. The minimum atomic E-state index is -0.485. The first-order valence-electron chi connectivity index (χ1n) is 8.99. The van der Waals surface area contributed by atoms with Gasteiger partial charge in [-0.3, -0.25) is 14.9 Å². The number of carbonyl (C=O) groups is 1. The Bertz CT molecular complexity index is 1200. The lowest BCUT2D eigenvalue weighted by molar-refractivity contribution is -0.384. The zero-order chi connectivity index (χ0) is 20.4. The zero-order valence-electron chi connectivity index (χ0n) is 15.6. The molecular formula is C22H17N3O3S. The van der Waals surface area contributed by atoms with Crippen molar-refractivity contribution in [3.8, 4) is 10.6 Å². The van der Waals surface area contributed by atoms with Crippen molar-refractivity contribution >= 4 is 38.7 Å². The summed E-state index contributed by atoms with van der Waals surface area (Å²) in [5, 5.41) is 14.7. The van der Waals surface area contributed by atoms with Crippen molar-refractivity contribution in [3.05, 3.63) is 88.0 Å². The number of nitro benzene ring substituents is 1. The number of hydrogen-bond donors (Lipinski definition) is 1. The monoisotopic (exact) mass is 403 g/mol. The topological polar surface area (TPSA) is 85.1 Å². The van der Waals surface area contributed by atoms with Crippen LogP contribution in [0.1, 0.15) is 15.9 Å². The van der Waals surface area contributed by atoms with E-state index in [0.717, 1.165) is 26.5 Å². The van der Waals surface area contributed by atoms with E-state index in [2.05, 4.69) is 29.4 Å². The van der Waals surface area contributed by atoms with Crippen molar-refractivity contribution < 1.29 is 9.72 Å². The third-order valence-electron chi connectivity index (χ3n) is 4.53. The summed E-state index contributed by atoms with van der Waals surface area (Å²) in [7, 11) is 0. The molecule has 0 radical (unpaired) electrons. The summed E-state index contributed by atoms with van der Waals surface area (Å²) >= 11 is 1.66. The Morgan fingerprint density at radius 2 is 1.79 bits per heavy atom. The third kappa shape index (κ3) is 4.14. The second kappa shape index (κ2) is 7.81. The van der Waals surface area contributed by atoms with Gasteiger partial charge in [0.25, 0.3) is 5.69 Å². The molecule has 4 aromatic rings. The number of rotatable bonds is 6. The second-order valence-corrected chi connectivity index (χ2v) is 7.68. The molecule has 1 N–H and O–H groups in total. The number of ketones is 1. The molecule has 1 aromatic heterocycles. The predicted molar refractivity (Wildman–Crippen MR) is 116 cm³/mol. The first-order chi connectivity index (χ1) is 14.0. The standard InChI is InChI=1S/C22H17N3O3S/c1-14-2-11-19-21(12-14)29-22(24-19)16-3-7-17(8-4-16)23-13-20(26)15-5-9-18(10-6-15)25(27)28/h2-12,23H,13H2,1H3. The first-order valence-corrected chi connectivity index (χ1v) is 9.80. The summed E-state index contributed by atoms with van der Waals surface area (Å²) in [6, 6.07) is 19.6. The number of aryl methyl sites for hydroxylation is 1. The van der Waals surface area contributed by atoms with Gasteiger partial charge in [0.15, 0.2) is 5.78 Å². The summed E-state index contributed by atoms with van der Waals surface area (Å²) < 4.78 is 1.16. The van der Waals surface area contributed by atoms with Gasteiger partial charge in [-0.25, -0.2) is 4.98 Å². The number of hydrogen-bond acceptors (Lipinski definition) is 6. The highest BCUT2D eigenvalue weighted by molar-refractivity contribution is 7.21. The lowest BCUT2D eigenvalue weighted by atomic mass is 10.1. The van der Waals surface area contributed by atoms with E-state index in [1.165, 1.54) is 29.8 Å². The van der Waals surface area contributed by atoms with Crippen LogP contribution in [0.25, 0.3) is 20.8 Å². The summed E-state index contributed by atoms with van der Waals surface area (Å²) in [4.78, 5) is 27.2. The van der Waals surface area contributed by atoms with E-state index >= 15 is 0 Å². The minimum absolute atomic E-state index is 0.0323. The molecule has 0 aliphatic rings. The van der Waals surface area contributed by atoms with Gasteiger partial charge < -0.3 is 5.32 Å². The fraction of sp³-hybridized carbons (Fsp3) is 0.0909. The van der Waals surface area contributed by atoms with E-state index in [0.29, 0.717) is 5.56 Å². The molecule has 0 spiro atoms. The Balaban J connectivity index is 1.42. The molecule has 4 rings (SSSR count). The van der Waals surface area contributed by atoms with E-state index in [4.69, 9.17) is 0 Å². The molecule has 0 aliphatic carbocycles. The zero-order valence-corrected chi connectivity index (χ0v) is 16.4. The average molecular weight is 403 g/mol. The number of nitrogens with zero attached hydrogens (tertiary/aromatic N) is 2. The largest absolute Gasteiger partial charge is 0.378 e. The van der Waals surface area contributed by atoms with Gasteiger partial charge in [0, 0.05) is 28.9 Å². The summed E-state index contributed by atoms with van der Waals surface area (Å²) in [5.74, 6) is -0.134. The summed E-state index contributed by atoms with van der Waals surface area (Å²) in [5.41, 5.74) is 4.45. The molecule has 7 heteroatoms. The number of benzene rings is 3. The van der Waals surface area contributed by atoms with Gasteiger partial charge in [0.1, 0.15) is 5.01 Å². The number of anilines is 1. The van der Waals surface area contributed by atoms with Crippen LogP contribution in [-0.4, -0.2) is 22.2 Å². The highest BCUT2D eigenvalue weighted by Gasteiger charge is 2.10. The molecule has 0 fully saturated rings. The molecule has 0 amide bonds. The van der Waals surface area contributed by atoms with Crippen molar-refractivity contribution in [1.29, 1.82) is 0 Å². The maximum atomic E-state index is 12.3. The highest BCUT2D eigenvalue weighted by Crippen LogP contribution is 2.31. The van der Waals surface area contributed by atoms with Crippen molar-refractivity contribution in [2.75, 3.05) is 11.9 Å². The van der Waals surface area contributed by atoms with Gasteiger partial charge in [-0.2, -0.15) is 0 Å². The normalized spacial score (nSPS) is 10.8. The van der Waals surface area contributed by atoms with E-state index in [-0.39, 0.29) is 18.0 Å². The van der Waals surface area contributed by atoms with Gasteiger partial charge in [0.2, 0.25) is 0 Å². The minimum Gasteiger partial charge on any atom is -0.378 e. The molecule has 0 saturated heterocycles. The van der Waals surface area contributed by atoms with Crippen LogP contribution in [0.3, 0.4) is 0 Å². The quantitative estimate of drug-likeness (QED) is 0.262. The lowest BCUT2D eigenvalue weighted by Crippen LogP contribution is -2.13. The molecule has 1 heterocycles. The molecule has 0 aliphatic heterocycles. The van der Waals surface area contributed by atoms with Crippen LogP contribution in [-0.2, 0) is 0 Å². The van der Waals surface area contributed by atoms with E-state index < -0.39 is 4.92 Å². The Hall–Kier alpha value is -3.58. The maximum Gasteiger partial charge on any atom is 0.269 e. The molecule has 144 valence electrons. The van der Waals surface area contributed by atoms with Gasteiger partial charge in [-0.15, -0.1) is 11.3 Å². The van der Waals surface area contributed by atoms with Crippen molar-refractivity contribution in [1.82, 2.24) is 4.98 Å². The predicted octanol–water partition coefficient (Wildman–Crippen LogP) is 5.47. The van der Waals surface area contributed by atoms with Crippen LogP contribution in [0.15, 0.2) is 66.7 Å². The summed E-state index contributed by atoms with van der Waals surface area (Å²) in [6.07, 6.45) is 0. The van der Waals surface area contributed by atoms with Crippen LogP contribution >= 0.6 is 11.3 Å². The Labute approximate surface area is 171 Å². The number of Topliss-reactive ketones (excluding diaryl/α,β-unsaturated/α-hetero) is 1. The Morgan fingerprint density at radius 3 is 2.48 bits per heavy atom. The van der Waals surface area contributed by atoms with Crippen LogP contribution in [0.5, 0.6) is 0 Å². The molecule has 0 unspecified atom stereocenters.